The third kappa shape index (κ3) is 4.95. The number of carbonyl (C=O) groups is 2. The van der Waals surface area contributed by atoms with Gasteiger partial charge in [-0.3, -0.25) is 9.59 Å². The molecule has 3 aromatic rings. The first-order chi connectivity index (χ1) is 14.0. The van der Waals surface area contributed by atoms with E-state index in [4.69, 9.17) is 4.74 Å². The van der Waals surface area contributed by atoms with Crippen LogP contribution in [0.3, 0.4) is 0 Å². The number of nitrogens with one attached hydrogen (secondary N) is 1. The molecule has 0 bridgehead atoms. The molecule has 7 heteroatoms. The third-order valence-corrected chi connectivity index (χ3v) is 4.33. The Balaban J connectivity index is 1.85. The van der Waals surface area contributed by atoms with E-state index in [9.17, 15) is 19.1 Å². The molecular formula is C22H19FN2O4. The highest BCUT2D eigenvalue weighted by Crippen LogP contribution is 2.23. The Bertz CT molecular complexity index is 1020. The number of aromatic nitrogens is 1. The Morgan fingerprint density at radius 3 is 2.45 bits per heavy atom. The first-order valence-corrected chi connectivity index (χ1v) is 8.86. The molecule has 0 fully saturated rings. The molecule has 3 rings (SSSR count). The van der Waals surface area contributed by atoms with Gasteiger partial charge in [0.15, 0.2) is 0 Å². The van der Waals surface area contributed by atoms with Gasteiger partial charge in [-0.05, 0) is 42.0 Å². The topological polar surface area (TPSA) is 88.5 Å². The first-order valence-electron chi connectivity index (χ1n) is 8.86. The van der Waals surface area contributed by atoms with Crippen molar-refractivity contribution in [1.29, 1.82) is 0 Å². The largest absolute Gasteiger partial charge is 0.497 e. The van der Waals surface area contributed by atoms with Crippen LogP contribution in [0.4, 0.5) is 4.39 Å². The number of benzene rings is 2. The zero-order valence-electron chi connectivity index (χ0n) is 15.6. The highest BCUT2D eigenvalue weighted by molar-refractivity contribution is 5.93. The van der Waals surface area contributed by atoms with Crippen molar-refractivity contribution < 1.29 is 23.8 Å². The van der Waals surface area contributed by atoms with Crippen LogP contribution < -0.4 is 10.1 Å². The number of ether oxygens (including phenoxy) is 1. The first kappa shape index (κ1) is 20.0. The van der Waals surface area contributed by atoms with Crippen LogP contribution in [0, 0.1) is 5.82 Å². The fraction of sp³-hybridized carbons (Fsp3) is 0.136. The minimum Gasteiger partial charge on any atom is -0.497 e. The lowest BCUT2D eigenvalue weighted by molar-refractivity contribution is -0.137. The van der Waals surface area contributed by atoms with Gasteiger partial charge in [0.1, 0.15) is 17.3 Å². The maximum atomic E-state index is 14.0. The summed E-state index contributed by atoms with van der Waals surface area (Å²) in [5.74, 6) is -1.43. The number of aliphatic carboxylic acids is 1. The predicted octanol–water partition coefficient (Wildman–Crippen LogP) is 3.84. The van der Waals surface area contributed by atoms with E-state index in [-0.39, 0.29) is 17.7 Å². The van der Waals surface area contributed by atoms with Crippen LogP contribution in [0.5, 0.6) is 5.75 Å². The van der Waals surface area contributed by atoms with Crippen LogP contribution in [-0.2, 0) is 4.79 Å². The van der Waals surface area contributed by atoms with Crippen LogP contribution in [-0.4, -0.2) is 29.1 Å². The number of hydrogen-bond acceptors (Lipinski definition) is 4. The summed E-state index contributed by atoms with van der Waals surface area (Å²) in [6.07, 6.45) is -0.301. The van der Waals surface area contributed by atoms with Gasteiger partial charge in [0, 0.05) is 5.56 Å². The smallest absolute Gasteiger partial charge is 0.305 e. The summed E-state index contributed by atoms with van der Waals surface area (Å²) < 4.78 is 19.1. The van der Waals surface area contributed by atoms with Gasteiger partial charge in [-0.15, -0.1) is 0 Å². The predicted molar refractivity (Wildman–Crippen MR) is 105 cm³/mol. The molecule has 0 aliphatic heterocycles. The van der Waals surface area contributed by atoms with Crippen molar-refractivity contribution in [2.24, 2.45) is 0 Å². The van der Waals surface area contributed by atoms with E-state index in [0.717, 1.165) is 0 Å². The zero-order valence-corrected chi connectivity index (χ0v) is 15.6. The lowest BCUT2D eigenvalue weighted by atomic mass is 10.0. The van der Waals surface area contributed by atoms with Gasteiger partial charge < -0.3 is 15.2 Å². The standard InChI is InChI=1S/C22H19FN2O4/c1-29-15-11-9-14(10-12-15)20(13-21(26)27)25-22(28)19-8-4-7-18(24-19)16-5-2-3-6-17(16)23/h2-12,20H,13H2,1H3,(H,25,28)(H,26,27)/t20-/m0/s1. The molecule has 0 radical (unpaired) electrons. The SMILES string of the molecule is COc1ccc([C@H](CC(=O)O)NC(=O)c2cccc(-c3ccccc3F)n2)cc1. The molecule has 1 heterocycles. The van der Waals surface area contributed by atoms with Crippen molar-refractivity contribution in [1.82, 2.24) is 10.3 Å². The summed E-state index contributed by atoms with van der Waals surface area (Å²) in [6.45, 7) is 0. The number of nitrogens with zero attached hydrogens (tertiary/aromatic N) is 1. The quantitative estimate of drug-likeness (QED) is 0.636. The van der Waals surface area contributed by atoms with E-state index in [0.29, 0.717) is 17.0 Å². The summed E-state index contributed by atoms with van der Waals surface area (Å²) in [6, 6.07) is 16.8. The minimum atomic E-state index is -1.06. The van der Waals surface area contributed by atoms with Crippen molar-refractivity contribution >= 4 is 11.9 Å². The van der Waals surface area contributed by atoms with E-state index < -0.39 is 23.7 Å². The van der Waals surface area contributed by atoms with E-state index in [1.807, 2.05) is 0 Å². The maximum absolute atomic E-state index is 14.0. The number of pyridine rings is 1. The molecule has 1 atom stereocenters. The summed E-state index contributed by atoms with van der Waals surface area (Å²) in [7, 11) is 1.53. The van der Waals surface area contributed by atoms with E-state index >= 15 is 0 Å². The second-order valence-corrected chi connectivity index (χ2v) is 6.28. The molecule has 0 spiro atoms. The van der Waals surface area contributed by atoms with Crippen LogP contribution >= 0.6 is 0 Å². The Labute approximate surface area is 167 Å². The van der Waals surface area contributed by atoms with Gasteiger partial charge in [-0.2, -0.15) is 0 Å². The molecule has 148 valence electrons. The Morgan fingerprint density at radius 2 is 1.79 bits per heavy atom. The number of carbonyl (C=O) groups excluding carboxylic acids is 1. The molecule has 0 unspecified atom stereocenters. The van der Waals surface area contributed by atoms with Crippen molar-refractivity contribution in [2.75, 3.05) is 7.11 Å². The highest BCUT2D eigenvalue weighted by Gasteiger charge is 2.20. The van der Waals surface area contributed by atoms with Gasteiger partial charge in [0.2, 0.25) is 0 Å². The van der Waals surface area contributed by atoms with Crippen molar-refractivity contribution in [3.8, 4) is 17.0 Å². The second kappa shape index (κ2) is 8.97. The van der Waals surface area contributed by atoms with E-state index in [1.165, 1.54) is 19.2 Å². The molecule has 1 amide bonds. The second-order valence-electron chi connectivity index (χ2n) is 6.28. The van der Waals surface area contributed by atoms with E-state index in [2.05, 4.69) is 10.3 Å². The normalized spacial score (nSPS) is 11.5. The third-order valence-electron chi connectivity index (χ3n) is 4.33. The van der Waals surface area contributed by atoms with Crippen LogP contribution in [0.25, 0.3) is 11.3 Å². The number of methoxy groups -OCH3 is 1. The van der Waals surface area contributed by atoms with Crippen molar-refractivity contribution in [3.05, 3.63) is 83.8 Å². The van der Waals surface area contributed by atoms with Gasteiger partial charge in [0.25, 0.3) is 5.91 Å². The monoisotopic (exact) mass is 394 g/mol. The van der Waals surface area contributed by atoms with Crippen LogP contribution in [0.1, 0.15) is 28.5 Å². The van der Waals surface area contributed by atoms with E-state index in [1.54, 1.807) is 54.6 Å². The average Bonchev–Trinajstić information content (AvgIpc) is 2.73. The summed E-state index contributed by atoms with van der Waals surface area (Å²) >= 11 is 0. The maximum Gasteiger partial charge on any atom is 0.305 e. The fourth-order valence-electron chi connectivity index (χ4n) is 2.88. The fourth-order valence-corrected chi connectivity index (χ4v) is 2.88. The van der Waals surface area contributed by atoms with Gasteiger partial charge >= 0.3 is 5.97 Å². The van der Waals surface area contributed by atoms with Crippen molar-refractivity contribution in [3.63, 3.8) is 0 Å². The minimum absolute atomic E-state index is 0.0645. The molecular weight excluding hydrogens is 375 g/mol. The van der Waals surface area contributed by atoms with Crippen molar-refractivity contribution in [2.45, 2.75) is 12.5 Å². The Morgan fingerprint density at radius 1 is 1.07 bits per heavy atom. The summed E-state index contributed by atoms with van der Waals surface area (Å²) in [5.41, 5.74) is 1.27. The molecule has 0 aliphatic carbocycles. The summed E-state index contributed by atoms with van der Waals surface area (Å²) in [5, 5.41) is 11.9. The molecule has 6 nitrogen and oxygen atoms in total. The molecule has 0 saturated carbocycles. The number of halogens is 1. The highest BCUT2D eigenvalue weighted by atomic mass is 19.1. The number of carboxylic acids is 1. The molecule has 0 saturated heterocycles. The molecule has 0 aliphatic rings. The van der Waals surface area contributed by atoms with Gasteiger partial charge in [0.05, 0.1) is 25.3 Å². The lowest BCUT2D eigenvalue weighted by Gasteiger charge is -2.18. The van der Waals surface area contributed by atoms with Crippen LogP contribution in [0.2, 0.25) is 0 Å². The van der Waals surface area contributed by atoms with Crippen LogP contribution in [0.15, 0.2) is 66.7 Å². The molecule has 2 aromatic carbocycles. The molecule has 29 heavy (non-hydrogen) atoms. The summed E-state index contributed by atoms with van der Waals surface area (Å²) in [4.78, 5) is 28.2. The zero-order chi connectivity index (χ0) is 20.8. The number of hydrogen-bond donors (Lipinski definition) is 2. The number of rotatable bonds is 7. The Kier molecular flexibility index (Phi) is 6.19. The molecule has 2 N–H and O–H groups in total. The Hall–Kier alpha value is -3.74. The molecule has 1 aromatic heterocycles. The van der Waals surface area contributed by atoms with Gasteiger partial charge in [-0.25, -0.2) is 9.37 Å². The number of amides is 1. The number of carboxylic acid groups (broad SMARTS) is 1. The lowest BCUT2D eigenvalue weighted by Crippen LogP contribution is -2.30. The van der Waals surface area contributed by atoms with Gasteiger partial charge in [-0.1, -0.05) is 30.3 Å². The average molecular weight is 394 g/mol.